The predicted octanol–water partition coefficient (Wildman–Crippen LogP) is 4.86. The zero-order valence-electron chi connectivity index (χ0n) is 15.7. The van der Waals surface area contributed by atoms with E-state index in [0.29, 0.717) is 10.7 Å². The molecule has 4 rings (SSSR count). The Labute approximate surface area is 184 Å². The zero-order valence-corrected chi connectivity index (χ0v) is 18.1. The molecule has 1 fully saturated rings. The first-order valence-electron chi connectivity index (χ1n) is 8.82. The number of carbonyl (C=O) groups is 3. The summed E-state index contributed by atoms with van der Waals surface area (Å²) >= 11 is 4.28. The minimum Gasteiger partial charge on any atom is -0.463 e. The van der Waals surface area contributed by atoms with Gasteiger partial charge >= 0.3 is 5.97 Å². The van der Waals surface area contributed by atoms with Crippen LogP contribution in [-0.2, 0) is 16.1 Å². The second-order valence-electron chi connectivity index (χ2n) is 6.30. The summed E-state index contributed by atoms with van der Waals surface area (Å²) in [6.45, 7) is -0.0628. The Bertz CT molecular complexity index is 1160. The summed E-state index contributed by atoms with van der Waals surface area (Å²) in [5.74, 6) is -0.701. The minimum absolute atomic E-state index is 0.0161. The van der Waals surface area contributed by atoms with Gasteiger partial charge in [-0.05, 0) is 66.4 Å². The summed E-state index contributed by atoms with van der Waals surface area (Å²) in [5.41, 5.74) is 1.70. The van der Waals surface area contributed by atoms with Crippen LogP contribution in [-0.4, -0.2) is 33.7 Å². The Morgan fingerprint density at radius 3 is 2.67 bits per heavy atom. The third-order valence-corrected chi connectivity index (χ3v) is 5.84. The summed E-state index contributed by atoms with van der Waals surface area (Å²) < 4.78 is 12.9. The number of nitrogens with zero attached hydrogens (tertiary/aromatic N) is 2. The van der Waals surface area contributed by atoms with Gasteiger partial charge in [0.2, 0.25) is 5.76 Å². The Hall–Kier alpha value is -3.04. The van der Waals surface area contributed by atoms with E-state index >= 15 is 0 Å². The molecule has 3 heterocycles. The van der Waals surface area contributed by atoms with E-state index in [9.17, 15) is 14.4 Å². The van der Waals surface area contributed by atoms with Gasteiger partial charge in [0, 0.05) is 22.1 Å². The van der Waals surface area contributed by atoms with Crippen molar-refractivity contribution >= 4 is 50.9 Å². The average Bonchev–Trinajstić information content (AvgIpc) is 3.45. The van der Waals surface area contributed by atoms with Gasteiger partial charge in [0.1, 0.15) is 5.76 Å². The maximum Gasteiger partial charge on any atom is 0.373 e. The number of methoxy groups -OCH3 is 1. The van der Waals surface area contributed by atoms with Gasteiger partial charge in [0.25, 0.3) is 11.1 Å². The molecule has 0 aliphatic carbocycles. The highest BCUT2D eigenvalue weighted by Gasteiger charge is 2.36. The van der Waals surface area contributed by atoms with Crippen molar-refractivity contribution < 1.29 is 23.5 Å². The number of esters is 1. The van der Waals surface area contributed by atoms with Crippen molar-refractivity contribution in [3.63, 3.8) is 0 Å². The highest BCUT2D eigenvalue weighted by molar-refractivity contribution is 9.10. The largest absolute Gasteiger partial charge is 0.463 e. The normalized spacial score (nSPS) is 15.3. The van der Waals surface area contributed by atoms with Crippen LogP contribution in [0.2, 0.25) is 0 Å². The molecule has 0 atom stereocenters. The number of aromatic nitrogens is 1. The average molecular weight is 487 g/mol. The van der Waals surface area contributed by atoms with Gasteiger partial charge in [0.15, 0.2) is 0 Å². The number of hydrogen-bond acceptors (Lipinski definition) is 6. The standard InChI is InChI=1S/C21H15BrN2O5S/c1-28-20(26)17-9-8-16(29-17)12-24-19(25)18(30-21(24)27)11-15-3-2-10-23(15)14-6-4-13(22)5-7-14/h2-11H,12H2,1H3. The highest BCUT2D eigenvalue weighted by Crippen LogP contribution is 2.34. The molecular weight excluding hydrogens is 472 g/mol. The van der Waals surface area contributed by atoms with Crippen LogP contribution in [0, 0.1) is 0 Å². The molecule has 0 bridgehead atoms. The molecule has 152 valence electrons. The fourth-order valence-corrected chi connectivity index (χ4v) is 4.04. The van der Waals surface area contributed by atoms with Crippen molar-refractivity contribution in [3.8, 4) is 5.69 Å². The van der Waals surface area contributed by atoms with Crippen molar-refractivity contribution in [1.29, 1.82) is 0 Å². The van der Waals surface area contributed by atoms with Crippen molar-refractivity contribution in [2.45, 2.75) is 6.54 Å². The molecule has 1 aliphatic rings. The zero-order chi connectivity index (χ0) is 21.3. The third-order valence-electron chi connectivity index (χ3n) is 4.40. The SMILES string of the molecule is COC(=O)c1ccc(CN2C(=O)SC(=Cc3cccn3-c3ccc(Br)cc3)C2=O)o1. The highest BCUT2D eigenvalue weighted by atomic mass is 79.9. The van der Waals surface area contributed by atoms with E-state index in [1.165, 1.54) is 19.2 Å². The van der Waals surface area contributed by atoms with Gasteiger partial charge in [-0.3, -0.25) is 14.5 Å². The van der Waals surface area contributed by atoms with E-state index in [1.807, 2.05) is 47.2 Å². The molecular formula is C21H15BrN2O5S. The maximum absolute atomic E-state index is 12.8. The number of carbonyl (C=O) groups excluding carboxylic acids is 3. The van der Waals surface area contributed by atoms with Crippen LogP contribution in [0.5, 0.6) is 0 Å². The summed E-state index contributed by atoms with van der Waals surface area (Å²) in [7, 11) is 1.25. The smallest absolute Gasteiger partial charge is 0.373 e. The van der Waals surface area contributed by atoms with E-state index < -0.39 is 17.1 Å². The van der Waals surface area contributed by atoms with Crippen LogP contribution in [0.15, 0.2) is 68.5 Å². The fourth-order valence-electron chi connectivity index (χ4n) is 2.95. The lowest BCUT2D eigenvalue weighted by Gasteiger charge is -2.10. The molecule has 0 saturated carbocycles. The summed E-state index contributed by atoms with van der Waals surface area (Å²) in [5, 5.41) is -0.399. The first kappa shape index (κ1) is 20.2. The number of amides is 2. The number of rotatable bonds is 5. The number of furan rings is 1. The van der Waals surface area contributed by atoms with Gasteiger partial charge in [-0.1, -0.05) is 15.9 Å². The molecule has 2 aromatic heterocycles. The minimum atomic E-state index is -0.621. The van der Waals surface area contributed by atoms with E-state index in [0.717, 1.165) is 32.5 Å². The van der Waals surface area contributed by atoms with Gasteiger partial charge in [0.05, 0.1) is 18.6 Å². The monoisotopic (exact) mass is 486 g/mol. The second kappa shape index (κ2) is 8.37. The molecule has 2 amide bonds. The van der Waals surface area contributed by atoms with E-state index in [2.05, 4.69) is 20.7 Å². The van der Waals surface area contributed by atoms with Crippen molar-refractivity contribution in [3.05, 3.63) is 81.3 Å². The van der Waals surface area contributed by atoms with Gasteiger partial charge in [-0.25, -0.2) is 4.79 Å². The Morgan fingerprint density at radius 2 is 1.93 bits per heavy atom. The van der Waals surface area contributed by atoms with E-state index in [4.69, 9.17) is 4.42 Å². The summed E-state index contributed by atoms with van der Waals surface area (Å²) in [6.07, 6.45) is 3.57. The molecule has 1 aromatic carbocycles. The maximum atomic E-state index is 12.8. The molecule has 1 saturated heterocycles. The van der Waals surface area contributed by atoms with Crippen LogP contribution < -0.4 is 0 Å². The third kappa shape index (κ3) is 3.99. The first-order valence-corrected chi connectivity index (χ1v) is 10.4. The van der Waals surface area contributed by atoms with Gasteiger partial charge in [-0.2, -0.15) is 0 Å². The molecule has 9 heteroatoms. The number of imide groups is 1. The van der Waals surface area contributed by atoms with Crippen LogP contribution in [0.25, 0.3) is 11.8 Å². The van der Waals surface area contributed by atoms with Crippen LogP contribution in [0.1, 0.15) is 22.0 Å². The molecule has 3 aromatic rings. The number of hydrogen-bond donors (Lipinski definition) is 0. The molecule has 1 aliphatic heterocycles. The molecule has 0 spiro atoms. The van der Waals surface area contributed by atoms with Crippen molar-refractivity contribution in [2.75, 3.05) is 7.11 Å². The summed E-state index contributed by atoms with van der Waals surface area (Å²) in [6, 6.07) is 14.5. The van der Waals surface area contributed by atoms with Crippen molar-refractivity contribution in [2.24, 2.45) is 0 Å². The molecule has 0 N–H and O–H groups in total. The lowest BCUT2D eigenvalue weighted by atomic mass is 10.3. The molecule has 7 nitrogen and oxygen atoms in total. The number of thioether (sulfide) groups is 1. The number of ether oxygens (including phenoxy) is 1. The van der Waals surface area contributed by atoms with Gasteiger partial charge in [-0.15, -0.1) is 0 Å². The van der Waals surface area contributed by atoms with Crippen LogP contribution >= 0.6 is 27.7 Å². The fraction of sp³-hybridized carbons (Fsp3) is 0.0952. The molecule has 0 radical (unpaired) electrons. The Kier molecular flexibility index (Phi) is 5.65. The topological polar surface area (TPSA) is 81.8 Å². The summed E-state index contributed by atoms with van der Waals surface area (Å²) in [4.78, 5) is 38.1. The van der Waals surface area contributed by atoms with Crippen LogP contribution in [0.4, 0.5) is 4.79 Å². The molecule has 30 heavy (non-hydrogen) atoms. The lowest BCUT2D eigenvalue weighted by molar-refractivity contribution is -0.123. The Balaban J connectivity index is 1.55. The number of benzene rings is 1. The van der Waals surface area contributed by atoms with E-state index in [1.54, 1.807) is 6.08 Å². The van der Waals surface area contributed by atoms with Crippen LogP contribution in [0.3, 0.4) is 0 Å². The second-order valence-corrected chi connectivity index (χ2v) is 8.21. The predicted molar refractivity (Wildman–Crippen MR) is 115 cm³/mol. The van der Waals surface area contributed by atoms with Gasteiger partial charge < -0.3 is 13.7 Å². The van der Waals surface area contributed by atoms with E-state index in [-0.39, 0.29) is 12.3 Å². The molecule has 0 unspecified atom stereocenters. The lowest BCUT2D eigenvalue weighted by Crippen LogP contribution is -2.27. The Morgan fingerprint density at radius 1 is 1.17 bits per heavy atom. The first-order chi connectivity index (χ1) is 14.5. The number of halogens is 1. The van der Waals surface area contributed by atoms with Crippen molar-refractivity contribution in [1.82, 2.24) is 9.47 Å². The quantitative estimate of drug-likeness (QED) is 0.378.